The Kier molecular flexibility index (Phi) is 6.45. The zero-order chi connectivity index (χ0) is 19.9. The van der Waals surface area contributed by atoms with Gasteiger partial charge >= 0.3 is 0 Å². The third-order valence-electron chi connectivity index (χ3n) is 4.01. The van der Waals surface area contributed by atoms with Crippen LogP contribution in [0.5, 0.6) is 0 Å². The number of para-hydroxylation sites is 1. The topological polar surface area (TPSA) is 58.2 Å². The fourth-order valence-electron chi connectivity index (χ4n) is 2.56. The minimum absolute atomic E-state index is 0.131. The highest BCUT2D eigenvalue weighted by molar-refractivity contribution is 8.00. The maximum absolute atomic E-state index is 12.9. The van der Waals surface area contributed by atoms with Crippen LogP contribution < -0.4 is 10.6 Å². The number of anilines is 2. The van der Waals surface area contributed by atoms with Crippen LogP contribution in [0.1, 0.15) is 15.9 Å². The summed E-state index contributed by atoms with van der Waals surface area (Å²) in [5.41, 5.74) is 2.75. The number of aryl methyl sites for hydroxylation is 1. The Balaban J connectivity index is 1.65. The van der Waals surface area contributed by atoms with Gasteiger partial charge in [-0.2, -0.15) is 0 Å². The molecule has 142 valence electrons. The molecular weight excluding hydrogens is 375 g/mol. The lowest BCUT2D eigenvalue weighted by molar-refractivity contribution is -0.113. The molecule has 2 N–H and O–H groups in total. The van der Waals surface area contributed by atoms with Crippen LogP contribution in [-0.2, 0) is 4.79 Å². The molecule has 0 saturated carbocycles. The second kappa shape index (κ2) is 9.19. The third kappa shape index (κ3) is 5.20. The van der Waals surface area contributed by atoms with Gasteiger partial charge < -0.3 is 10.6 Å². The third-order valence-corrected chi connectivity index (χ3v) is 5.09. The van der Waals surface area contributed by atoms with Gasteiger partial charge in [0.05, 0.1) is 11.3 Å². The van der Waals surface area contributed by atoms with Gasteiger partial charge in [0.25, 0.3) is 5.91 Å². The molecule has 0 saturated heterocycles. The first kappa shape index (κ1) is 19.6. The molecule has 0 spiro atoms. The van der Waals surface area contributed by atoms with Gasteiger partial charge in [0, 0.05) is 16.3 Å². The summed E-state index contributed by atoms with van der Waals surface area (Å²) in [6, 6.07) is 20.3. The van der Waals surface area contributed by atoms with Crippen LogP contribution in [0.15, 0.2) is 77.7 Å². The van der Waals surface area contributed by atoms with Crippen molar-refractivity contribution >= 4 is 35.0 Å². The van der Waals surface area contributed by atoms with Gasteiger partial charge in [-0.15, -0.1) is 11.8 Å². The molecule has 4 nitrogen and oxygen atoms in total. The second-order valence-electron chi connectivity index (χ2n) is 6.11. The van der Waals surface area contributed by atoms with E-state index in [0.29, 0.717) is 16.1 Å². The zero-order valence-corrected chi connectivity index (χ0v) is 16.1. The summed E-state index contributed by atoms with van der Waals surface area (Å²) < 4.78 is 12.9. The van der Waals surface area contributed by atoms with Crippen LogP contribution in [0.4, 0.5) is 15.8 Å². The molecule has 0 aliphatic heterocycles. The molecule has 3 rings (SSSR count). The van der Waals surface area contributed by atoms with Crippen LogP contribution in [0.3, 0.4) is 0 Å². The molecule has 0 fully saturated rings. The van der Waals surface area contributed by atoms with Crippen LogP contribution in [0.2, 0.25) is 0 Å². The number of amides is 2. The van der Waals surface area contributed by atoms with E-state index in [0.717, 1.165) is 11.3 Å². The van der Waals surface area contributed by atoms with Crippen molar-refractivity contribution in [1.29, 1.82) is 0 Å². The molecule has 2 amide bonds. The van der Waals surface area contributed by atoms with Gasteiger partial charge in [-0.05, 0) is 55.0 Å². The van der Waals surface area contributed by atoms with E-state index in [1.807, 2.05) is 43.3 Å². The minimum Gasteiger partial charge on any atom is -0.325 e. The minimum atomic E-state index is -0.360. The van der Waals surface area contributed by atoms with E-state index in [2.05, 4.69) is 10.6 Å². The summed E-state index contributed by atoms with van der Waals surface area (Å²) in [6.45, 7) is 1.93. The van der Waals surface area contributed by atoms with Crippen molar-refractivity contribution in [1.82, 2.24) is 0 Å². The first-order valence-corrected chi connectivity index (χ1v) is 9.66. The van der Waals surface area contributed by atoms with Crippen molar-refractivity contribution in [3.8, 4) is 0 Å². The van der Waals surface area contributed by atoms with E-state index in [1.54, 1.807) is 12.1 Å². The number of halogens is 1. The zero-order valence-electron chi connectivity index (χ0n) is 15.2. The molecule has 6 heteroatoms. The van der Waals surface area contributed by atoms with Crippen molar-refractivity contribution < 1.29 is 14.0 Å². The first-order valence-electron chi connectivity index (χ1n) is 8.67. The summed E-state index contributed by atoms with van der Waals surface area (Å²) in [7, 11) is 0. The fourth-order valence-corrected chi connectivity index (χ4v) is 3.41. The van der Waals surface area contributed by atoms with Crippen molar-refractivity contribution in [3.05, 3.63) is 89.7 Å². The summed E-state index contributed by atoms with van der Waals surface area (Å²) in [4.78, 5) is 25.6. The van der Waals surface area contributed by atoms with Crippen molar-refractivity contribution in [3.63, 3.8) is 0 Å². The quantitative estimate of drug-likeness (QED) is 0.571. The molecule has 0 atom stereocenters. The van der Waals surface area contributed by atoms with Gasteiger partial charge in [-0.1, -0.05) is 30.3 Å². The van der Waals surface area contributed by atoms with E-state index < -0.39 is 0 Å². The van der Waals surface area contributed by atoms with Crippen LogP contribution in [0.25, 0.3) is 0 Å². The van der Waals surface area contributed by atoms with E-state index in [4.69, 9.17) is 0 Å². The lowest BCUT2D eigenvalue weighted by Crippen LogP contribution is -2.16. The second-order valence-corrected chi connectivity index (χ2v) is 7.13. The number of hydrogen-bond donors (Lipinski definition) is 2. The normalized spacial score (nSPS) is 10.4. The highest BCUT2D eigenvalue weighted by Gasteiger charge is 2.14. The molecule has 0 bridgehead atoms. The first-order chi connectivity index (χ1) is 13.5. The number of hydrogen-bond acceptors (Lipinski definition) is 3. The number of carbonyl (C=O) groups excluding carboxylic acids is 2. The lowest BCUT2D eigenvalue weighted by Gasteiger charge is -2.11. The van der Waals surface area contributed by atoms with Gasteiger partial charge in [-0.25, -0.2) is 4.39 Å². The summed E-state index contributed by atoms with van der Waals surface area (Å²) >= 11 is 1.27. The number of thioether (sulfide) groups is 1. The average Bonchev–Trinajstić information content (AvgIpc) is 2.70. The number of carbonyl (C=O) groups is 2. The molecule has 28 heavy (non-hydrogen) atoms. The average molecular weight is 394 g/mol. The predicted octanol–water partition coefficient (Wildman–Crippen LogP) is 5.12. The molecule has 3 aromatic rings. The molecule has 0 aliphatic carbocycles. The molecule has 0 unspecified atom stereocenters. The Hall–Kier alpha value is -3.12. The fraction of sp³-hybridized carbons (Fsp3) is 0.0909. The van der Waals surface area contributed by atoms with E-state index in [1.165, 1.54) is 36.0 Å². The monoisotopic (exact) mass is 394 g/mol. The molecule has 0 heterocycles. The largest absolute Gasteiger partial charge is 0.325 e. The smallest absolute Gasteiger partial charge is 0.256 e. The van der Waals surface area contributed by atoms with Gasteiger partial charge in [0.15, 0.2) is 0 Å². The Morgan fingerprint density at radius 1 is 0.893 bits per heavy atom. The Morgan fingerprint density at radius 3 is 2.32 bits per heavy atom. The van der Waals surface area contributed by atoms with Crippen molar-refractivity contribution in [2.75, 3.05) is 16.4 Å². The molecule has 3 aromatic carbocycles. The molecule has 0 radical (unpaired) electrons. The lowest BCUT2D eigenvalue weighted by atomic mass is 10.1. The SMILES string of the molecule is Cc1ccccc1NC(=O)c1ccccc1SCC(=O)Nc1ccc(F)cc1. The molecular formula is C22H19FN2O2S. The van der Waals surface area contributed by atoms with Crippen LogP contribution in [-0.4, -0.2) is 17.6 Å². The number of nitrogens with one attached hydrogen (secondary N) is 2. The number of rotatable bonds is 6. The van der Waals surface area contributed by atoms with Crippen LogP contribution >= 0.6 is 11.8 Å². The summed E-state index contributed by atoms with van der Waals surface area (Å²) in [5, 5.41) is 5.62. The highest BCUT2D eigenvalue weighted by Crippen LogP contribution is 2.24. The van der Waals surface area contributed by atoms with Gasteiger partial charge in [0.1, 0.15) is 5.82 Å². The van der Waals surface area contributed by atoms with Crippen molar-refractivity contribution in [2.24, 2.45) is 0 Å². The maximum Gasteiger partial charge on any atom is 0.256 e. The Labute approximate surface area is 167 Å². The Bertz CT molecular complexity index is 990. The summed E-state index contributed by atoms with van der Waals surface area (Å²) in [5.74, 6) is -0.686. The van der Waals surface area contributed by atoms with Gasteiger partial charge in [0.2, 0.25) is 5.91 Å². The number of benzene rings is 3. The standard InChI is InChI=1S/C22H19FN2O2S/c1-15-6-2-4-8-19(15)25-22(27)18-7-3-5-9-20(18)28-14-21(26)24-17-12-10-16(23)11-13-17/h2-13H,14H2,1H3,(H,24,26)(H,25,27). The van der Waals surface area contributed by atoms with Crippen LogP contribution in [0, 0.1) is 12.7 Å². The highest BCUT2D eigenvalue weighted by atomic mass is 32.2. The van der Waals surface area contributed by atoms with E-state index >= 15 is 0 Å². The molecule has 0 aromatic heterocycles. The van der Waals surface area contributed by atoms with Gasteiger partial charge in [-0.3, -0.25) is 9.59 Å². The van der Waals surface area contributed by atoms with E-state index in [9.17, 15) is 14.0 Å². The molecule has 0 aliphatic rings. The van der Waals surface area contributed by atoms with Crippen molar-refractivity contribution in [2.45, 2.75) is 11.8 Å². The Morgan fingerprint density at radius 2 is 1.57 bits per heavy atom. The predicted molar refractivity (Wildman–Crippen MR) is 111 cm³/mol. The maximum atomic E-state index is 12.9. The summed E-state index contributed by atoms with van der Waals surface area (Å²) in [6.07, 6.45) is 0. The van der Waals surface area contributed by atoms with E-state index in [-0.39, 0.29) is 23.4 Å².